The number of carbonyl (C=O) groups excluding carboxylic acids is 1. The number of carboxylic acids is 1. The molecule has 1 fully saturated rings. The Morgan fingerprint density at radius 1 is 1.10 bits per heavy atom. The molecule has 0 spiro atoms. The van der Waals surface area contributed by atoms with Crippen molar-refractivity contribution in [2.24, 2.45) is 11.3 Å². The van der Waals surface area contributed by atoms with Crippen LogP contribution in [0.15, 0.2) is 12.1 Å². The lowest BCUT2D eigenvalue weighted by Crippen LogP contribution is -2.46. The zero-order valence-electron chi connectivity index (χ0n) is 25.7. The summed E-state index contributed by atoms with van der Waals surface area (Å²) in [5.74, 6) is -0.0594. The number of unbranched alkanes of at least 4 members (excludes halogenated alkanes) is 1. The number of carboxylic acid groups (broad SMARTS) is 1. The summed E-state index contributed by atoms with van der Waals surface area (Å²) in [5, 5.41) is 10.6. The first-order chi connectivity index (χ1) is 19.0. The molecule has 3 atom stereocenters. The molecule has 1 amide bonds. The number of amides is 1. The Hall–Kier alpha value is -2.52. The van der Waals surface area contributed by atoms with Crippen molar-refractivity contribution in [3.63, 3.8) is 0 Å². The number of likely N-dealkylation sites (tertiary alicyclic amines) is 1. The summed E-state index contributed by atoms with van der Waals surface area (Å²) in [6.45, 7) is 11.9. The van der Waals surface area contributed by atoms with Crippen LogP contribution in [-0.2, 0) is 9.59 Å². The normalized spacial score (nSPS) is 20.8. The van der Waals surface area contributed by atoms with Gasteiger partial charge in [0.1, 0.15) is 0 Å². The lowest BCUT2D eigenvalue weighted by molar-refractivity contribution is -0.144. The van der Waals surface area contributed by atoms with Gasteiger partial charge in [-0.05, 0) is 69.4 Å². The fourth-order valence-corrected chi connectivity index (χ4v) is 6.35. The number of nitrogens with zero attached hydrogens (tertiary/aromatic N) is 3. The standard InChI is InChI=1S/C31H51N3O6/c1-8-10-14-33(15-11-13-32(5)6)27(35)20-34-19-23(22-16-25(38-7)29-26(17-22)39-21-40-29)28(30(36)37)24(34)18-31(3,4)12-9-2/h16-17,23-24,28H,8-15,18-21H2,1-7H3,(H,36,37)/t23-,24+,28?/m1/s1. The predicted molar refractivity (Wildman–Crippen MR) is 156 cm³/mol. The van der Waals surface area contributed by atoms with Crippen LogP contribution in [0.4, 0.5) is 0 Å². The molecule has 0 bridgehead atoms. The quantitative estimate of drug-likeness (QED) is 0.311. The second-order valence-corrected chi connectivity index (χ2v) is 12.4. The van der Waals surface area contributed by atoms with Crippen molar-refractivity contribution in [2.75, 3.05) is 60.7 Å². The molecular weight excluding hydrogens is 510 g/mol. The molecule has 1 unspecified atom stereocenters. The number of rotatable bonds is 16. The molecule has 0 saturated carbocycles. The van der Waals surface area contributed by atoms with Gasteiger partial charge >= 0.3 is 5.97 Å². The van der Waals surface area contributed by atoms with Crippen molar-refractivity contribution in [3.8, 4) is 17.2 Å². The molecule has 2 aliphatic rings. The minimum Gasteiger partial charge on any atom is -0.493 e. The van der Waals surface area contributed by atoms with Crippen molar-refractivity contribution in [1.82, 2.24) is 14.7 Å². The van der Waals surface area contributed by atoms with Crippen LogP contribution in [0.3, 0.4) is 0 Å². The van der Waals surface area contributed by atoms with Crippen LogP contribution < -0.4 is 14.2 Å². The van der Waals surface area contributed by atoms with Gasteiger partial charge in [0.25, 0.3) is 0 Å². The number of hydrogen-bond acceptors (Lipinski definition) is 7. The minimum atomic E-state index is -0.831. The molecular formula is C31H51N3O6. The van der Waals surface area contributed by atoms with Gasteiger partial charge in [-0.2, -0.15) is 0 Å². The van der Waals surface area contributed by atoms with Crippen molar-refractivity contribution < 1.29 is 28.9 Å². The van der Waals surface area contributed by atoms with Crippen LogP contribution in [0.5, 0.6) is 17.2 Å². The minimum absolute atomic E-state index is 0.0521. The summed E-state index contributed by atoms with van der Waals surface area (Å²) in [7, 11) is 5.66. The molecule has 1 saturated heterocycles. The first-order valence-corrected chi connectivity index (χ1v) is 14.9. The third kappa shape index (κ3) is 8.03. The summed E-state index contributed by atoms with van der Waals surface area (Å²) in [6.07, 6.45) is 5.61. The fourth-order valence-electron chi connectivity index (χ4n) is 6.35. The third-order valence-corrected chi connectivity index (χ3v) is 8.34. The molecule has 1 aromatic rings. The molecule has 40 heavy (non-hydrogen) atoms. The molecule has 1 N–H and O–H groups in total. The first-order valence-electron chi connectivity index (χ1n) is 14.9. The van der Waals surface area contributed by atoms with Gasteiger partial charge < -0.3 is 29.1 Å². The largest absolute Gasteiger partial charge is 0.493 e. The Kier molecular flexibility index (Phi) is 11.5. The van der Waals surface area contributed by atoms with Crippen molar-refractivity contribution in [3.05, 3.63) is 17.7 Å². The van der Waals surface area contributed by atoms with Gasteiger partial charge in [-0.3, -0.25) is 14.5 Å². The highest BCUT2D eigenvalue weighted by molar-refractivity contribution is 5.79. The van der Waals surface area contributed by atoms with E-state index in [-0.39, 0.29) is 36.6 Å². The van der Waals surface area contributed by atoms with E-state index in [2.05, 4.69) is 37.5 Å². The zero-order chi connectivity index (χ0) is 29.4. The maximum atomic E-state index is 13.8. The van der Waals surface area contributed by atoms with Crippen molar-refractivity contribution >= 4 is 11.9 Å². The molecule has 0 aliphatic carbocycles. The molecule has 2 aliphatic heterocycles. The van der Waals surface area contributed by atoms with Crippen LogP contribution in [0, 0.1) is 11.3 Å². The van der Waals surface area contributed by atoms with E-state index in [1.807, 2.05) is 31.1 Å². The highest BCUT2D eigenvalue weighted by atomic mass is 16.7. The number of carbonyl (C=O) groups is 2. The summed E-state index contributed by atoms with van der Waals surface area (Å²) >= 11 is 0. The van der Waals surface area contributed by atoms with E-state index in [9.17, 15) is 14.7 Å². The number of aliphatic carboxylic acids is 1. The molecule has 3 rings (SSSR count). The zero-order valence-corrected chi connectivity index (χ0v) is 25.7. The number of methoxy groups -OCH3 is 1. The van der Waals surface area contributed by atoms with E-state index in [1.165, 1.54) is 0 Å². The number of fused-ring (bicyclic) bond motifs is 1. The van der Waals surface area contributed by atoms with Crippen LogP contribution in [0.1, 0.15) is 77.7 Å². The van der Waals surface area contributed by atoms with Gasteiger partial charge in [-0.25, -0.2) is 0 Å². The maximum absolute atomic E-state index is 13.8. The maximum Gasteiger partial charge on any atom is 0.308 e. The Balaban J connectivity index is 1.93. The number of ether oxygens (including phenoxy) is 3. The average Bonchev–Trinajstić information content (AvgIpc) is 3.49. The first kappa shape index (κ1) is 32.0. The molecule has 226 valence electrons. The van der Waals surface area contributed by atoms with Gasteiger partial charge in [-0.1, -0.05) is 40.5 Å². The Morgan fingerprint density at radius 2 is 1.82 bits per heavy atom. The molecule has 1 aromatic carbocycles. The second kappa shape index (κ2) is 14.4. The Bertz CT molecular complexity index is 998. The van der Waals surface area contributed by atoms with Crippen LogP contribution in [-0.4, -0.2) is 98.4 Å². The van der Waals surface area contributed by atoms with Gasteiger partial charge in [-0.15, -0.1) is 0 Å². The molecule has 0 aromatic heterocycles. The van der Waals surface area contributed by atoms with Gasteiger partial charge in [0.2, 0.25) is 18.4 Å². The second-order valence-electron chi connectivity index (χ2n) is 12.4. The van der Waals surface area contributed by atoms with E-state index < -0.39 is 11.9 Å². The number of hydrogen-bond donors (Lipinski definition) is 1. The lowest BCUT2D eigenvalue weighted by Gasteiger charge is -2.35. The summed E-state index contributed by atoms with van der Waals surface area (Å²) in [4.78, 5) is 32.9. The smallest absolute Gasteiger partial charge is 0.308 e. The predicted octanol–water partition coefficient (Wildman–Crippen LogP) is 4.69. The fraction of sp³-hybridized carbons (Fsp3) is 0.742. The molecule has 9 heteroatoms. The molecule has 0 radical (unpaired) electrons. The highest BCUT2D eigenvalue weighted by Gasteiger charge is 2.49. The van der Waals surface area contributed by atoms with E-state index in [4.69, 9.17) is 14.2 Å². The topological polar surface area (TPSA) is 91.8 Å². The van der Waals surface area contributed by atoms with E-state index in [1.54, 1.807) is 7.11 Å². The molecule has 9 nitrogen and oxygen atoms in total. The highest BCUT2D eigenvalue weighted by Crippen LogP contribution is 2.48. The monoisotopic (exact) mass is 561 g/mol. The van der Waals surface area contributed by atoms with Crippen LogP contribution >= 0.6 is 0 Å². The van der Waals surface area contributed by atoms with E-state index in [0.717, 1.165) is 50.8 Å². The van der Waals surface area contributed by atoms with Crippen LogP contribution in [0.2, 0.25) is 0 Å². The van der Waals surface area contributed by atoms with Gasteiger partial charge in [0, 0.05) is 31.6 Å². The van der Waals surface area contributed by atoms with Gasteiger partial charge in [0.05, 0.1) is 19.6 Å². The summed E-state index contributed by atoms with van der Waals surface area (Å²) in [6, 6.07) is 3.50. The SMILES string of the molecule is CCCCN(CCCN(C)C)C(=O)CN1C[C@H](c2cc(OC)c3c(c2)OCO3)C(C(=O)O)[C@@H]1CC(C)(C)CCC. The Labute approximate surface area is 240 Å². The van der Waals surface area contributed by atoms with Gasteiger partial charge in [0.15, 0.2) is 11.5 Å². The van der Waals surface area contributed by atoms with Crippen molar-refractivity contribution in [1.29, 1.82) is 0 Å². The number of benzene rings is 1. The Morgan fingerprint density at radius 3 is 2.45 bits per heavy atom. The summed E-state index contributed by atoms with van der Waals surface area (Å²) in [5.41, 5.74) is 0.791. The average molecular weight is 562 g/mol. The van der Waals surface area contributed by atoms with E-state index in [0.29, 0.717) is 36.8 Å². The van der Waals surface area contributed by atoms with Crippen molar-refractivity contribution in [2.45, 2.75) is 78.2 Å². The lowest BCUT2D eigenvalue weighted by atomic mass is 9.76. The van der Waals surface area contributed by atoms with E-state index >= 15 is 0 Å². The summed E-state index contributed by atoms with van der Waals surface area (Å²) < 4.78 is 16.8. The third-order valence-electron chi connectivity index (χ3n) is 8.34. The van der Waals surface area contributed by atoms with Crippen LogP contribution in [0.25, 0.3) is 0 Å². The molecule has 2 heterocycles.